The van der Waals surface area contributed by atoms with E-state index in [9.17, 15) is 0 Å². The van der Waals surface area contributed by atoms with Gasteiger partial charge in [0.2, 0.25) is 0 Å². The number of methoxy groups -OCH3 is 1. The first-order valence-corrected chi connectivity index (χ1v) is 9.49. The number of benzene rings is 2. The Morgan fingerprint density at radius 1 is 1.15 bits per heavy atom. The summed E-state index contributed by atoms with van der Waals surface area (Å²) < 4.78 is 16.9. The van der Waals surface area contributed by atoms with Crippen LogP contribution in [0.1, 0.15) is 0 Å². The van der Waals surface area contributed by atoms with Crippen LogP contribution in [-0.4, -0.2) is 56.5 Å². The van der Waals surface area contributed by atoms with Gasteiger partial charge in [0.05, 0.1) is 26.0 Å². The van der Waals surface area contributed by atoms with Crippen molar-refractivity contribution in [3.05, 3.63) is 36.4 Å². The molecule has 27 heavy (non-hydrogen) atoms. The predicted octanol–water partition coefficient (Wildman–Crippen LogP) is 3.21. The van der Waals surface area contributed by atoms with Crippen molar-refractivity contribution in [2.75, 3.05) is 51.8 Å². The Morgan fingerprint density at radius 3 is 2.78 bits per heavy atom. The molecule has 142 valence electrons. The molecule has 0 saturated carbocycles. The van der Waals surface area contributed by atoms with Gasteiger partial charge in [-0.05, 0) is 24.4 Å². The van der Waals surface area contributed by atoms with E-state index in [4.69, 9.17) is 26.1 Å². The average Bonchev–Trinajstić information content (AvgIpc) is 3.05. The van der Waals surface area contributed by atoms with E-state index in [0.717, 1.165) is 72.8 Å². The Bertz CT molecular complexity index is 950. The summed E-state index contributed by atoms with van der Waals surface area (Å²) in [5.41, 5.74) is 2.45. The van der Waals surface area contributed by atoms with Crippen LogP contribution in [0.15, 0.2) is 40.8 Å². The maximum Gasteiger partial charge on any atom is 0.170 e. The largest absolute Gasteiger partial charge is 0.495 e. The lowest BCUT2D eigenvalue weighted by Crippen LogP contribution is -2.42. The van der Waals surface area contributed by atoms with E-state index in [1.807, 2.05) is 36.4 Å². The summed E-state index contributed by atoms with van der Waals surface area (Å²) in [6, 6.07) is 11.9. The summed E-state index contributed by atoms with van der Waals surface area (Å²) in [6.07, 6.45) is 0. The summed E-state index contributed by atoms with van der Waals surface area (Å²) in [6.45, 7) is 5.26. The van der Waals surface area contributed by atoms with Gasteiger partial charge >= 0.3 is 0 Å². The molecule has 0 unspecified atom stereocenters. The number of morpholine rings is 1. The number of rotatable bonds is 5. The summed E-state index contributed by atoms with van der Waals surface area (Å²) in [7, 11) is 1.66. The number of nitrogens with one attached hydrogen (secondary N) is 2. The maximum absolute atomic E-state index is 5.96. The van der Waals surface area contributed by atoms with Gasteiger partial charge in [-0.15, -0.1) is 0 Å². The number of nitrogens with zero attached hydrogens (tertiary/aromatic N) is 1. The number of hydrogen-bond acceptors (Lipinski definition) is 5. The van der Waals surface area contributed by atoms with Crippen molar-refractivity contribution < 1.29 is 13.9 Å². The molecule has 1 fully saturated rings. The fraction of sp³-hybridized carbons (Fsp3) is 0.350. The number of thiocarbonyl (C=S) groups is 1. The SMILES string of the molecule is COc1cc2c(cc1NC(=S)NCCN1CCOCC1)oc1ccccc12. The number of anilines is 1. The lowest BCUT2D eigenvalue weighted by Gasteiger charge is -2.26. The number of hydrogen-bond donors (Lipinski definition) is 2. The average molecular weight is 385 g/mol. The quantitative estimate of drug-likeness (QED) is 0.654. The Labute approximate surface area is 163 Å². The first-order chi connectivity index (χ1) is 13.2. The number of fused-ring (bicyclic) bond motifs is 3. The van der Waals surface area contributed by atoms with Crippen LogP contribution in [0.4, 0.5) is 5.69 Å². The predicted molar refractivity (Wildman–Crippen MR) is 112 cm³/mol. The Hall–Kier alpha value is -2.35. The molecular formula is C20H23N3O3S. The van der Waals surface area contributed by atoms with Crippen molar-refractivity contribution in [2.24, 2.45) is 0 Å². The number of para-hydroxylation sites is 1. The molecule has 6 nitrogen and oxygen atoms in total. The minimum atomic E-state index is 0.567. The van der Waals surface area contributed by atoms with Crippen molar-refractivity contribution >= 4 is 45.0 Å². The monoisotopic (exact) mass is 385 g/mol. The molecular weight excluding hydrogens is 362 g/mol. The highest BCUT2D eigenvalue weighted by molar-refractivity contribution is 7.80. The number of ether oxygens (including phenoxy) is 2. The first kappa shape index (κ1) is 18.0. The third-order valence-corrected chi connectivity index (χ3v) is 5.01. The summed E-state index contributed by atoms with van der Waals surface area (Å²) in [5.74, 6) is 0.728. The minimum Gasteiger partial charge on any atom is -0.495 e. The van der Waals surface area contributed by atoms with Gasteiger partial charge in [0, 0.05) is 43.0 Å². The van der Waals surface area contributed by atoms with Gasteiger partial charge in [-0.25, -0.2) is 0 Å². The molecule has 2 N–H and O–H groups in total. The van der Waals surface area contributed by atoms with Crippen molar-refractivity contribution in [1.29, 1.82) is 0 Å². The van der Waals surface area contributed by atoms with Crippen LogP contribution in [-0.2, 0) is 4.74 Å². The van der Waals surface area contributed by atoms with Crippen LogP contribution in [0.2, 0.25) is 0 Å². The molecule has 0 amide bonds. The summed E-state index contributed by atoms with van der Waals surface area (Å²) >= 11 is 5.45. The van der Waals surface area contributed by atoms with E-state index in [-0.39, 0.29) is 0 Å². The molecule has 1 aromatic heterocycles. The van der Waals surface area contributed by atoms with E-state index < -0.39 is 0 Å². The van der Waals surface area contributed by atoms with Crippen LogP contribution in [0, 0.1) is 0 Å². The van der Waals surface area contributed by atoms with Crippen LogP contribution in [0.3, 0.4) is 0 Å². The topological polar surface area (TPSA) is 58.9 Å². The zero-order valence-electron chi connectivity index (χ0n) is 15.3. The van der Waals surface area contributed by atoms with Gasteiger partial charge in [-0.2, -0.15) is 0 Å². The highest BCUT2D eigenvalue weighted by Crippen LogP contribution is 2.36. The van der Waals surface area contributed by atoms with E-state index in [0.29, 0.717) is 5.11 Å². The second-order valence-electron chi connectivity index (χ2n) is 6.48. The van der Waals surface area contributed by atoms with Gasteiger partial charge in [0.1, 0.15) is 16.9 Å². The molecule has 2 heterocycles. The zero-order chi connectivity index (χ0) is 18.6. The molecule has 3 aromatic rings. The van der Waals surface area contributed by atoms with Gasteiger partial charge in [-0.1, -0.05) is 18.2 Å². The fourth-order valence-electron chi connectivity index (χ4n) is 3.34. The Kier molecular flexibility index (Phi) is 5.42. The van der Waals surface area contributed by atoms with Gasteiger partial charge < -0.3 is 24.5 Å². The molecule has 0 radical (unpaired) electrons. The molecule has 4 rings (SSSR count). The van der Waals surface area contributed by atoms with Gasteiger partial charge in [0.25, 0.3) is 0 Å². The fourth-order valence-corrected chi connectivity index (χ4v) is 3.55. The molecule has 1 saturated heterocycles. The second-order valence-corrected chi connectivity index (χ2v) is 6.89. The molecule has 0 atom stereocenters. The maximum atomic E-state index is 5.96. The van der Waals surface area contributed by atoms with Crippen LogP contribution in [0.25, 0.3) is 21.9 Å². The van der Waals surface area contributed by atoms with Crippen LogP contribution >= 0.6 is 12.2 Å². The molecule has 2 aromatic carbocycles. The smallest absolute Gasteiger partial charge is 0.170 e. The number of furan rings is 1. The van der Waals surface area contributed by atoms with Gasteiger partial charge in [-0.3, -0.25) is 4.90 Å². The third-order valence-electron chi connectivity index (χ3n) is 4.76. The lowest BCUT2D eigenvalue weighted by atomic mass is 10.1. The standard InChI is InChI=1S/C20H23N3O3S/c1-24-19-12-15-14-4-2-3-5-17(14)26-18(15)13-16(19)22-20(27)21-6-7-23-8-10-25-11-9-23/h2-5,12-13H,6-11H2,1H3,(H2,21,22,27). The van der Waals surface area contributed by atoms with Crippen molar-refractivity contribution in [3.63, 3.8) is 0 Å². The Balaban J connectivity index is 1.45. The Morgan fingerprint density at radius 2 is 1.96 bits per heavy atom. The summed E-state index contributed by atoms with van der Waals surface area (Å²) in [5, 5.41) is 9.15. The molecule has 0 spiro atoms. The van der Waals surface area contributed by atoms with E-state index in [1.165, 1.54) is 0 Å². The third kappa shape index (κ3) is 4.00. The second kappa shape index (κ2) is 8.12. The van der Waals surface area contributed by atoms with Crippen molar-refractivity contribution in [1.82, 2.24) is 10.2 Å². The molecule has 1 aliphatic rings. The van der Waals surface area contributed by atoms with Crippen molar-refractivity contribution in [2.45, 2.75) is 0 Å². The highest BCUT2D eigenvalue weighted by atomic mass is 32.1. The zero-order valence-corrected chi connectivity index (χ0v) is 16.1. The molecule has 0 bridgehead atoms. The lowest BCUT2D eigenvalue weighted by molar-refractivity contribution is 0.0389. The van der Waals surface area contributed by atoms with Crippen molar-refractivity contribution in [3.8, 4) is 5.75 Å². The summed E-state index contributed by atoms with van der Waals surface area (Å²) in [4.78, 5) is 2.36. The normalized spacial score (nSPS) is 15.1. The molecule has 1 aliphatic heterocycles. The van der Waals surface area contributed by atoms with Crippen LogP contribution < -0.4 is 15.4 Å². The van der Waals surface area contributed by atoms with E-state index >= 15 is 0 Å². The molecule has 7 heteroatoms. The van der Waals surface area contributed by atoms with E-state index in [1.54, 1.807) is 7.11 Å². The first-order valence-electron chi connectivity index (χ1n) is 9.09. The van der Waals surface area contributed by atoms with E-state index in [2.05, 4.69) is 15.5 Å². The molecule has 0 aliphatic carbocycles. The van der Waals surface area contributed by atoms with Crippen LogP contribution in [0.5, 0.6) is 5.75 Å². The highest BCUT2D eigenvalue weighted by Gasteiger charge is 2.13. The minimum absolute atomic E-state index is 0.567. The van der Waals surface area contributed by atoms with Gasteiger partial charge in [0.15, 0.2) is 5.11 Å².